The fourth-order valence-electron chi connectivity index (χ4n) is 1.28. The molecule has 0 bridgehead atoms. The molecule has 0 amide bonds. The average molecular weight is 330 g/mol. The summed E-state index contributed by atoms with van der Waals surface area (Å²) in [5.41, 5.74) is 5.94. The fourth-order valence-corrected chi connectivity index (χ4v) is 1.70. The van der Waals surface area contributed by atoms with Crippen molar-refractivity contribution in [1.82, 2.24) is 0 Å². The molecule has 1 unspecified atom stereocenters. The molecule has 2 N–H and O–H groups in total. The quantitative estimate of drug-likeness (QED) is 0.812. The summed E-state index contributed by atoms with van der Waals surface area (Å²) in [5.74, 6) is -4.17. The van der Waals surface area contributed by atoms with Gasteiger partial charge in [0.15, 0.2) is 0 Å². The number of ether oxygens (including phenoxy) is 1. The monoisotopic (exact) mass is 329 g/mol. The zero-order valence-corrected chi connectivity index (χ0v) is 10.8. The Morgan fingerprint density at radius 3 is 2.50 bits per heavy atom. The third-order valence-corrected chi connectivity index (χ3v) is 2.72. The molecule has 0 heterocycles. The van der Waals surface area contributed by atoms with Gasteiger partial charge in [0, 0.05) is 11.0 Å². The average Bonchev–Trinajstić information content (AvgIpc) is 2.29. The zero-order chi connectivity index (χ0) is 13.8. The van der Waals surface area contributed by atoms with Gasteiger partial charge in [-0.2, -0.15) is 8.78 Å². The van der Waals surface area contributed by atoms with E-state index in [-0.39, 0.29) is 6.54 Å². The highest BCUT2D eigenvalue weighted by atomic mass is 79.9. The summed E-state index contributed by atoms with van der Waals surface area (Å²) in [7, 11) is 0. The van der Waals surface area contributed by atoms with E-state index in [9.17, 15) is 17.6 Å². The Hall–Kier alpha value is -0.660. The Bertz CT molecular complexity index is 389. The van der Waals surface area contributed by atoms with Crippen molar-refractivity contribution in [2.45, 2.75) is 18.5 Å². The molecule has 0 aliphatic rings. The highest BCUT2D eigenvalue weighted by Gasteiger charge is 2.41. The molecule has 0 spiro atoms. The van der Waals surface area contributed by atoms with Crippen LogP contribution in [-0.2, 0) is 4.74 Å². The lowest BCUT2D eigenvalue weighted by Gasteiger charge is -2.21. The van der Waals surface area contributed by atoms with Crippen molar-refractivity contribution in [2.75, 3.05) is 13.2 Å². The molecule has 1 rings (SSSR count). The van der Waals surface area contributed by atoms with Crippen molar-refractivity contribution in [1.29, 1.82) is 0 Å². The first-order chi connectivity index (χ1) is 8.36. The SMILES string of the molecule is NCC(OCC(F)(F)C(F)F)c1cccc(Br)c1. The van der Waals surface area contributed by atoms with Crippen molar-refractivity contribution in [2.24, 2.45) is 5.73 Å². The number of halogens is 5. The molecule has 1 aromatic carbocycles. The predicted octanol–water partition coefficient (Wildman–Crippen LogP) is 3.37. The van der Waals surface area contributed by atoms with Crippen LogP contribution in [0.5, 0.6) is 0 Å². The van der Waals surface area contributed by atoms with E-state index in [0.717, 1.165) is 4.47 Å². The number of rotatable bonds is 6. The third-order valence-electron chi connectivity index (χ3n) is 2.23. The first kappa shape index (κ1) is 15.4. The summed E-state index contributed by atoms with van der Waals surface area (Å²) in [5, 5.41) is 0. The highest BCUT2D eigenvalue weighted by molar-refractivity contribution is 9.10. The Kier molecular flexibility index (Phi) is 5.55. The molecule has 0 aromatic heterocycles. The summed E-state index contributed by atoms with van der Waals surface area (Å²) in [6, 6.07) is 6.68. The van der Waals surface area contributed by atoms with Crippen LogP contribution >= 0.6 is 15.9 Å². The van der Waals surface area contributed by atoms with Gasteiger partial charge in [-0.3, -0.25) is 0 Å². The van der Waals surface area contributed by atoms with Crippen LogP contribution in [-0.4, -0.2) is 25.5 Å². The van der Waals surface area contributed by atoms with Gasteiger partial charge in [-0.25, -0.2) is 8.78 Å². The highest BCUT2D eigenvalue weighted by Crippen LogP contribution is 2.27. The Labute approximate surface area is 110 Å². The second-order valence-corrected chi connectivity index (χ2v) is 4.57. The van der Waals surface area contributed by atoms with E-state index in [1.54, 1.807) is 24.3 Å². The molecule has 2 nitrogen and oxygen atoms in total. The van der Waals surface area contributed by atoms with Gasteiger partial charge >= 0.3 is 12.3 Å². The number of hydrogen-bond donors (Lipinski definition) is 1. The van der Waals surface area contributed by atoms with Gasteiger partial charge < -0.3 is 10.5 Å². The summed E-state index contributed by atoms with van der Waals surface area (Å²) < 4.78 is 54.9. The van der Waals surface area contributed by atoms with Crippen LogP contribution in [0.15, 0.2) is 28.7 Å². The van der Waals surface area contributed by atoms with Crippen molar-refractivity contribution >= 4 is 15.9 Å². The molecule has 1 aromatic rings. The second kappa shape index (κ2) is 6.49. The smallest absolute Gasteiger partial charge is 0.330 e. The van der Waals surface area contributed by atoms with Gasteiger partial charge in [-0.15, -0.1) is 0 Å². The minimum absolute atomic E-state index is 0.0736. The van der Waals surface area contributed by atoms with Crippen LogP contribution in [0, 0.1) is 0 Å². The van der Waals surface area contributed by atoms with Gasteiger partial charge in [0.25, 0.3) is 0 Å². The Morgan fingerprint density at radius 1 is 1.33 bits per heavy atom. The molecule has 0 fully saturated rings. The van der Waals surface area contributed by atoms with E-state index in [1.807, 2.05) is 0 Å². The predicted molar refractivity (Wildman–Crippen MR) is 62.8 cm³/mol. The third kappa shape index (κ3) is 4.22. The van der Waals surface area contributed by atoms with Crippen LogP contribution in [0.3, 0.4) is 0 Å². The normalized spacial score (nSPS) is 13.9. The van der Waals surface area contributed by atoms with Crippen molar-refractivity contribution in [3.05, 3.63) is 34.3 Å². The van der Waals surface area contributed by atoms with E-state index in [0.29, 0.717) is 5.56 Å². The van der Waals surface area contributed by atoms with Crippen molar-refractivity contribution < 1.29 is 22.3 Å². The van der Waals surface area contributed by atoms with Gasteiger partial charge in [-0.05, 0) is 17.7 Å². The summed E-state index contributed by atoms with van der Waals surface area (Å²) in [6.07, 6.45) is -4.59. The van der Waals surface area contributed by atoms with E-state index >= 15 is 0 Å². The van der Waals surface area contributed by atoms with E-state index in [4.69, 9.17) is 10.5 Å². The molecule has 102 valence electrons. The zero-order valence-electron chi connectivity index (χ0n) is 9.25. The van der Waals surface area contributed by atoms with Crippen LogP contribution in [0.4, 0.5) is 17.6 Å². The minimum atomic E-state index is -4.17. The first-order valence-electron chi connectivity index (χ1n) is 5.10. The maximum absolute atomic E-state index is 12.7. The van der Waals surface area contributed by atoms with E-state index in [1.165, 1.54) is 0 Å². The number of hydrogen-bond acceptors (Lipinski definition) is 2. The van der Waals surface area contributed by atoms with Gasteiger partial charge in [0.2, 0.25) is 0 Å². The molecule has 0 saturated carbocycles. The number of alkyl halides is 4. The number of benzene rings is 1. The topological polar surface area (TPSA) is 35.2 Å². The maximum atomic E-state index is 12.7. The second-order valence-electron chi connectivity index (χ2n) is 3.65. The van der Waals surface area contributed by atoms with Crippen LogP contribution in [0.1, 0.15) is 11.7 Å². The van der Waals surface area contributed by atoms with Crippen LogP contribution in [0.2, 0.25) is 0 Å². The van der Waals surface area contributed by atoms with Gasteiger partial charge in [0.05, 0.1) is 6.10 Å². The molecule has 7 heteroatoms. The lowest BCUT2D eigenvalue weighted by molar-refractivity contribution is -0.175. The molecular weight excluding hydrogens is 318 g/mol. The molecule has 0 radical (unpaired) electrons. The lowest BCUT2D eigenvalue weighted by Crippen LogP contribution is -2.34. The van der Waals surface area contributed by atoms with Crippen LogP contribution < -0.4 is 5.73 Å². The molecule has 0 saturated heterocycles. The molecule has 18 heavy (non-hydrogen) atoms. The van der Waals surface area contributed by atoms with E-state index < -0.39 is 25.1 Å². The Balaban J connectivity index is 2.69. The summed E-state index contributed by atoms with van der Waals surface area (Å²) in [6.45, 7) is -1.44. The first-order valence-corrected chi connectivity index (χ1v) is 5.89. The minimum Gasteiger partial charge on any atom is -0.366 e. The van der Waals surface area contributed by atoms with E-state index in [2.05, 4.69) is 15.9 Å². The standard InChI is InChI=1S/C11H12BrF4NO/c12-8-3-1-2-7(4-8)9(5-17)18-6-11(15,16)10(13)14/h1-4,9-10H,5-6,17H2. The fraction of sp³-hybridized carbons (Fsp3) is 0.455. The van der Waals surface area contributed by atoms with Crippen molar-refractivity contribution in [3.63, 3.8) is 0 Å². The van der Waals surface area contributed by atoms with Crippen molar-refractivity contribution in [3.8, 4) is 0 Å². The molecule has 0 aliphatic heterocycles. The lowest BCUT2D eigenvalue weighted by atomic mass is 10.1. The summed E-state index contributed by atoms with van der Waals surface area (Å²) in [4.78, 5) is 0. The maximum Gasteiger partial charge on any atom is 0.330 e. The summed E-state index contributed by atoms with van der Waals surface area (Å²) >= 11 is 3.21. The molecule has 1 atom stereocenters. The van der Waals surface area contributed by atoms with Gasteiger partial charge in [-0.1, -0.05) is 28.1 Å². The molecular formula is C11H12BrF4NO. The number of nitrogens with two attached hydrogens (primary N) is 1. The largest absolute Gasteiger partial charge is 0.366 e. The van der Waals surface area contributed by atoms with Crippen LogP contribution in [0.25, 0.3) is 0 Å². The Morgan fingerprint density at radius 2 is 2.00 bits per heavy atom. The molecule has 0 aliphatic carbocycles. The van der Waals surface area contributed by atoms with Gasteiger partial charge in [0.1, 0.15) is 6.61 Å².